The molecule has 0 radical (unpaired) electrons. The van der Waals surface area contributed by atoms with E-state index in [0.717, 1.165) is 22.5 Å². The molecule has 0 aromatic carbocycles. The second kappa shape index (κ2) is 5.95. The Hall–Kier alpha value is -1.03. The van der Waals surface area contributed by atoms with Crippen LogP contribution >= 0.6 is 11.8 Å². The Kier molecular flexibility index (Phi) is 4.06. The first-order valence-electron chi connectivity index (χ1n) is 7.17. The van der Waals surface area contributed by atoms with E-state index in [1.807, 2.05) is 30.8 Å². The Labute approximate surface area is 119 Å². The molecule has 2 unspecified atom stereocenters. The summed E-state index contributed by atoms with van der Waals surface area (Å²) >= 11 is 1.88. The van der Waals surface area contributed by atoms with E-state index in [1.54, 1.807) is 0 Å². The number of aryl methyl sites for hydroxylation is 1. The molecule has 3 rings (SSSR count). The molecule has 4 heteroatoms. The van der Waals surface area contributed by atoms with Gasteiger partial charge in [-0.05, 0) is 37.8 Å². The van der Waals surface area contributed by atoms with Crippen LogP contribution in [0.2, 0.25) is 0 Å². The molecule has 1 N–H and O–H groups in total. The molecule has 0 spiro atoms. The fourth-order valence-corrected chi connectivity index (χ4v) is 4.08. The van der Waals surface area contributed by atoms with Gasteiger partial charge in [-0.25, -0.2) is 0 Å². The lowest BCUT2D eigenvalue weighted by Crippen LogP contribution is -2.46. The minimum Gasteiger partial charge on any atom is -0.362 e. The molecule has 1 saturated heterocycles. The van der Waals surface area contributed by atoms with Gasteiger partial charge in [0.15, 0.2) is 5.17 Å². The maximum absolute atomic E-state index is 4.69. The quantitative estimate of drug-likeness (QED) is 0.901. The van der Waals surface area contributed by atoms with Crippen molar-refractivity contribution in [2.24, 2.45) is 10.9 Å². The summed E-state index contributed by atoms with van der Waals surface area (Å²) in [6, 6.07) is 6.79. The van der Waals surface area contributed by atoms with Gasteiger partial charge in [-0.15, -0.1) is 0 Å². The van der Waals surface area contributed by atoms with Crippen LogP contribution in [-0.4, -0.2) is 21.9 Å². The van der Waals surface area contributed by atoms with Gasteiger partial charge in [-0.3, -0.25) is 9.98 Å². The predicted octanol–water partition coefficient (Wildman–Crippen LogP) is 3.14. The number of hydrogen-bond acceptors (Lipinski definition) is 3. The zero-order valence-corrected chi connectivity index (χ0v) is 12.2. The Morgan fingerprint density at radius 3 is 3.16 bits per heavy atom. The van der Waals surface area contributed by atoms with Crippen molar-refractivity contribution >= 4 is 16.9 Å². The third-order valence-corrected chi connectivity index (χ3v) is 5.10. The van der Waals surface area contributed by atoms with Crippen molar-refractivity contribution < 1.29 is 0 Å². The predicted molar refractivity (Wildman–Crippen MR) is 81.5 cm³/mol. The van der Waals surface area contributed by atoms with Crippen LogP contribution in [0.3, 0.4) is 0 Å². The van der Waals surface area contributed by atoms with Crippen LogP contribution in [-0.2, 0) is 6.54 Å². The normalized spacial score (nSPS) is 28.8. The van der Waals surface area contributed by atoms with Crippen LogP contribution in [0.15, 0.2) is 23.2 Å². The average molecular weight is 275 g/mol. The topological polar surface area (TPSA) is 37.3 Å². The van der Waals surface area contributed by atoms with E-state index in [4.69, 9.17) is 4.99 Å². The Balaban J connectivity index is 1.61. The lowest BCUT2D eigenvalue weighted by Gasteiger charge is -2.36. The minimum atomic E-state index is 0.666. The van der Waals surface area contributed by atoms with Crippen molar-refractivity contribution in [1.82, 2.24) is 10.3 Å². The van der Waals surface area contributed by atoms with Gasteiger partial charge in [0.2, 0.25) is 0 Å². The lowest BCUT2D eigenvalue weighted by atomic mass is 9.86. The molecular weight excluding hydrogens is 254 g/mol. The highest BCUT2D eigenvalue weighted by Crippen LogP contribution is 2.31. The highest BCUT2D eigenvalue weighted by molar-refractivity contribution is 8.13. The Morgan fingerprint density at radius 1 is 1.37 bits per heavy atom. The molecule has 1 aromatic rings. The van der Waals surface area contributed by atoms with Gasteiger partial charge in [0.05, 0.1) is 12.2 Å². The number of aromatic nitrogens is 1. The lowest BCUT2D eigenvalue weighted by molar-refractivity contribution is 0.311. The highest BCUT2D eigenvalue weighted by atomic mass is 32.2. The van der Waals surface area contributed by atoms with Gasteiger partial charge in [0.25, 0.3) is 0 Å². The number of hydrogen-bond donors (Lipinski definition) is 1. The molecule has 102 valence electrons. The van der Waals surface area contributed by atoms with Gasteiger partial charge in [0, 0.05) is 17.5 Å². The molecule has 2 fully saturated rings. The second-order valence-corrected chi connectivity index (χ2v) is 6.51. The van der Waals surface area contributed by atoms with Gasteiger partial charge < -0.3 is 5.32 Å². The molecule has 3 nitrogen and oxygen atoms in total. The van der Waals surface area contributed by atoms with Crippen LogP contribution < -0.4 is 5.32 Å². The summed E-state index contributed by atoms with van der Waals surface area (Å²) in [6.45, 7) is 2.71. The van der Waals surface area contributed by atoms with E-state index in [0.29, 0.717) is 12.6 Å². The van der Waals surface area contributed by atoms with Gasteiger partial charge in [0.1, 0.15) is 0 Å². The largest absolute Gasteiger partial charge is 0.362 e. The zero-order valence-electron chi connectivity index (χ0n) is 11.4. The smallest absolute Gasteiger partial charge is 0.157 e. The Morgan fingerprint density at radius 2 is 2.26 bits per heavy atom. The van der Waals surface area contributed by atoms with Crippen LogP contribution in [0.5, 0.6) is 0 Å². The molecule has 0 amide bonds. The highest BCUT2D eigenvalue weighted by Gasteiger charge is 2.30. The fraction of sp³-hybridized carbons (Fsp3) is 0.600. The van der Waals surface area contributed by atoms with Gasteiger partial charge in [-0.2, -0.15) is 0 Å². The Bertz CT molecular complexity index is 472. The van der Waals surface area contributed by atoms with E-state index in [9.17, 15) is 0 Å². The fourth-order valence-electron chi connectivity index (χ4n) is 2.92. The first-order chi connectivity index (χ1) is 9.31. The number of rotatable bonds is 2. The van der Waals surface area contributed by atoms with E-state index in [1.165, 1.54) is 31.4 Å². The molecule has 2 aliphatic rings. The number of nitrogens with zero attached hydrogens (tertiary/aromatic N) is 2. The maximum atomic E-state index is 4.69. The molecule has 2 heterocycles. The average Bonchev–Trinajstić information content (AvgIpc) is 2.45. The van der Waals surface area contributed by atoms with Crippen LogP contribution in [0, 0.1) is 12.8 Å². The number of aliphatic imine (C=N–C) groups is 1. The van der Waals surface area contributed by atoms with E-state index < -0.39 is 0 Å². The van der Waals surface area contributed by atoms with Crippen molar-refractivity contribution in [1.29, 1.82) is 0 Å². The summed E-state index contributed by atoms with van der Waals surface area (Å²) in [6.07, 6.45) is 5.47. The van der Waals surface area contributed by atoms with Gasteiger partial charge >= 0.3 is 0 Å². The number of pyridine rings is 1. The number of amidine groups is 1. The second-order valence-electron chi connectivity index (χ2n) is 5.50. The van der Waals surface area contributed by atoms with E-state index >= 15 is 0 Å². The third-order valence-electron chi connectivity index (χ3n) is 3.98. The number of nitrogens with one attached hydrogen (secondary N) is 1. The first kappa shape index (κ1) is 13.0. The third kappa shape index (κ3) is 3.30. The van der Waals surface area contributed by atoms with Gasteiger partial charge in [-0.1, -0.05) is 30.7 Å². The summed E-state index contributed by atoms with van der Waals surface area (Å²) in [4.78, 5) is 9.19. The maximum Gasteiger partial charge on any atom is 0.157 e. The SMILES string of the molecule is Cc1cccc(CN=C2NC3CCCCC3CS2)n1. The molecule has 1 aliphatic carbocycles. The molecular formula is C15H21N3S. The van der Waals surface area contributed by atoms with Crippen LogP contribution in [0.1, 0.15) is 37.1 Å². The molecule has 1 aromatic heterocycles. The molecule has 0 bridgehead atoms. The standard InChI is InChI=1S/C15H21N3S/c1-11-5-4-7-13(17-11)9-16-15-18-14-8-3-2-6-12(14)10-19-15/h4-5,7,12,14H,2-3,6,8-10H2,1H3,(H,16,18). The molecule has 2 atom stereocenters. The number of thioether (sulfide) groups is 1. The minimum absolute atomic E-state index is 0.666. The summed E-state index contributed by atoms with van der Waals surface area (Å²) in [5.74, 6) is 2.09. The summed E-state index contributed by atoms with van der Waals surface area (Å²) in [5.41, 5.74) is 2.12. The van der Waals surface area contributed by atoms with Crippen molar-refractivity contribution in [3.05, 3.63) is 29.6 Å². The van der Waals surface area contributed by atoms with Crippen LogP contribution in [0.25, 0.3) is 0 Å². The van der Waals surface area contributed by atoms with Crippen molar-refractivity contribution in [3.63, 3.8) is 0 Å². The van der Waals surface area contributed by atoms with E-state index in [-0.39, 0.29) is 0 Å². The number of fused-ring (bicyclic) bond motifs is 1. The van der Waals surface area contributed by atoms with Crippen molar-refractivity contribution in [3.8, 4) is 0 Å². The molecule has 1 aliphatic heterocycles. The first-order valence-corrected chi connectivity index (χ1v) is 8.16. The van der Waals surface area contributed by atoms with Crippen LogP contribution in [0.4, 0.5) is 0 Å². The van der Waals surface area contributed by atoms with Crippen molar-refractivity contribution in [2.75, 3.05) is 5.75 Å². The van der Waals surface area contributed by atoms with Crippen molar-refractivity contribution in [2.45, 2.75) is 45.2 Å². The van der Waals surface area contributed by atoms with E-state index in [2.05, 4.69) is 16.4 Å². The molecule has 19 heavy (non-hydrogen) atoms. The summed E-state index contributed by atoms with van der Waals surface area (Å²) < 4.78 is 0. The summed E-state index contributed by atoms with van der Waals surface area (Å²) in [5, 5.41) is 4.74. The summed E-state index contributed by atoms with van der Waals surface area (Å²) in [7, 11) is 0. The molecule has 1 saturated carbocycles. The monoisotopic (exact) mass is 275 g/mol. The zero-order chi connectivity index (χ0) is 13.1.